The number of benzene rings is 2. The van der Waals surface area contributed by atoms with Crippen molar-refractivity contribution in [2.75, 3.05) is 27.5 Å². The van der Waals surface area contributed by atoms with E-state index in [2.05, 4.69) is 0 Å². The third-order valence-electron chi connectivity index (χ3n) is 4.74. The van der Waals surface area contributed by atoms with E-state index < -0.39 is 18.2 Å². The van der Waals surface area contributed by atoms with Gasteiger partial charge in [0.1, 0.15) is 22.8 Å². The van der Waals surface area contributed by atoms with E-state index in [4.69, 9.17) is 14.2 Å². The first-order valence-corrected chi connectivity index (χ1v) is 11.3. The lowest BCUT2D eigenvalue weighted by Crippen LogP contribution is -2.17. The van der Waals surface area contributed by atoms with Crippen molar-refractivity contribution < 1.29 is 33.2 Å². The van der Waals surface area contributed by atoms with Gasteiger partial charge < -0.3 is 18.8 Å². The van der Waals surface area contributed by atoms with Gasteiger partial charge in [0.15, 0.2) is 6.29 Å². The zero-order chi connectivity index (χ0) is 22.3. The van der Waals surface area contributed by atoms with Gasteiger partial charge in [-0.25, -0.2) is 0 Å². The Balaban J connectivity index is 2.74. The Labute approximate surface area is 175 Å². The monoisotopic (exact) mass is 432 g/mol. The predicted octanol–water partition coefficient (Wildman–Crippen LogP) is 4.67. The topological polar surface area (TPSA) is 96.0 Å². The second-order valence-corrected chi connectivity index (χ2v) is 9.25. The summed E-state index contributed by atoms with van der Waals surface area (Å²) < 4.78 is 29.8. The lowest BCUT2D eigenvalue weighted by Gasteiger charge is -2.20. The highest BCUT2D eigenvalue weighted by Crippen LogP contribution is 2.56. The van der Waals surface area contributed by atoms with E-state index >= 15 is 0 Å². The van der Waals surface area contributed by atoms with Crippen LogP contribution in [0.1, 0.15) is 50.8 Å². The highest BCUT2D eigenvalue weighted by molar-refractivity contribution is 7.95. The molecular formula is C22H25O7P. The van der Waals surface area contributed by atoms with E-state index in [0.29, 0.717) is 19.1 Å². The minimum atomic E-state index is -4.20. The molecule has 2 rings (SSSR count). The Morgan fingerprint density at radius 2 is 1.33 bits per heavy atom. The van der Waals surface area contributed by atoms with Gasteiger partial charge in [0, 0.05) is 11.7 Å². The molecule has 0 N–H and O–H groups in total. The molecule has 0 aliphatic carbocycles. The quantitative estimate of drug-likeness (QED) is 0.376. The predicted molar refractivity (Wildman–Crippen MR) is 114 cm³/mol. The molecule has 0 spiro atoms. The van der Waals surface area contributed by atoms with Gasteiger partial charge >= 0.3 is 0 Å². The standard InChI is InChI=1S/C22H25O7P/c1-5-6-13-30(26,21(24)19-15(14-23)9-7-10-16(19)27-2)22(25)20-17(28-3)11-8-12-18(20)29-4/h7-12,14H,5-6,13H2,1-4H3. The molecule has 0 saturated heterocycles. The Morgan fingerprint density at radius 3 is 1.80 bits per heavy atom. The summed E-state index contributed by atoms with van der Waals surface area (Å²) in [4.78, 5) is 38.7. The average Bonchev–Trinajstić information content (AvgIpc) is 2.79. The van der Waals surface area contributed by atoms with Gasteiger partial charge in [-0.3, -0.25) is 14.4 Å². The van der Waals surface area contributed by atoms with Crippen molar-refractivity contribution in [1.82, 2.24) is 0 Å². The van der Waals surface area contributed by atoms with Crippen molar-refractivity contribution in [3.63, 3.8) is 0 Å². The molecule has 2 aromatic carbocycles. The van der Waals surface area contributed by atoms with Crippen LogP contribution in [0.4, 0.5) is 0 Å². The van der Waals surface area contributed by atoms with Gasteiger partial charge in [-0.05, 0) is 24.6 Å². The van der Waals surface area contributed by atoms with Gasteiger partial charge in [0.05, 0.1) is 26.9 Å². The van der Waals surface area contributed by atoms with Crippen molar-refractivity contribution in [2.45, 2.75) is 19.8 Å². The molecule has 0 aliphatic heterocycles. The van der Waals surface area contributed by atoms with Crippen LogP contribution in [-0.2, 0) is 4.57 Å². The Bertz CT molecular complexity index is 975. The van der Waals surface area contributed by atoms with Gasteiger partial charge in [0.2, 0.25) is 18.2 Å². The minimum absolute atomic E-state index is 0.0101. The lowest BCUT2D eigenvalue weighted by molar-refractivity contribution is 0.102. The number of aldehydes is 1. The molecule has 1 atom stereocenters. The summed E-state index contributed by atoms with van der Waals surface area (Å²) in [5.74, 6) is 0.389. The molecule has 0 saturated carbocycles. The van der Waals surface area contributed by atoms with Gasteiger partial charge in [-0.1, -0.05) is 31.5 Å². The molecule has 0 aliphatic rings. The van der Waals surface area contributed by atoms with Gasteiger partial charge in [-0.2, -0.15) is 0 Å². The summed E-state index contributed by atoms with van der Waals surface area (Å²) in [7, 11) is -0.123. The SMILES string of the molecule is CCCCP(=O)(C(=O)c1c(C=O)cccc1OC)C(=O)c1c(OC)cccc1OC. The van der Waals surface area contributed by atoms with E-state index in [1.807, 2.05) is 6.92 Å². The van der Waals surface area contributed by atoms with E-state index in [-0.39, 0.29) is 40.1 Å². The molecule has 2 aromatic rings. The summed E-state index contributed by atoms with van der Waals surface area (Å²) in [5.41, 5.74) is -1.98. The highest BCUT2D eigenvalue weighted by Gasteiger charge is 2.44. The number of methoxy groups -OCH3 is 3. The first-order valence-electron chi connectivity index (χ1n) is 9.41. The van der Waals surface area contributed by atoms with Crippen molar-refractivity contribution in [3.8, 4) is 17.2 Å². The molecule has 8 heteroatoms. The average molecular weight is 432 g/mol. The smallest absolute Gasteiger partial charge is 0.236 e. The van der Waals surface area contributed by atoms with Crippen LogP contribution in [-0.4, -0.2) is 44.8 Å². The number of hydrogen-bond acceptors (Lipinski definition) is 7. The zero-order valence-corrected chi connectivity index (χ0v) is 18.4. The van der Waals surface area contributed by atoms with Crippen LogP contribution in [0.5, 0.6) is 17.2 Å². The molecule has 0 amide bonds. The maximum Gasteiger partial charge on any atom is 0.236 e. The molecule has 0 bridgehead atoms. The normalized spacial score (nSPS) is 12.5. The van der Waals surface area contributed by atoms with Crippen molar-refractivity contribution in [1.29, 1.82) is 0 Å². The Kier molecular flexibility index (Phi) is 7.95. The summed E-state index contributed by atoms with van der Waals surface area (Å²) in [5, 5.41) is 0. The summed E-state index contributed by atoms with van der Waals surface area (Å²) in [6.45, 7) is 1.86. The highest BCUT2D eigenvalue weighted by atomic mass is 31.2. The Hall–Kier alpha value is -2.92. The zero-order valence-electron chi connectivity index (χ0n) is 17.5. The maximum absolute atomic E-state index is 14.1. The van der Waals surface area contributed by atoms with Crippen molar-refractivity contribution in [3.05, 3.63) is 53.1 Å². The molecule has 7 nitrogen and oxygen atoms in total. The number of carbonyl (C=O) groups is 3. The van der Waals surface area contributed by atoms with Crippen LogP contribution in [0.15, 0.2) is 36.4 Å². The van der Waals surface area contributed by atoms with E-state index in [1.54, 1.807) is 12.1 Å². The fourth-order valence-corrected chi connectivity index (χ4v) is 5.68. The number of hydrogen-bond donors (Lipinski definition) is 0. The number of ether oxygens (including phenoxy) is 3. The van der Waals surface area contributed by atoms with Crippen molar-refractivity contribution >= 4 is 24.5 Å². The minimum Gasteiger partial charge on any atom is -0.496 e. The van der Waals surface area contributed by atoms with Crippen LogP contribution in [0, 0.1) is 0 Å². The molecule has 0 heterocycles. The van der Waals surface area contributed by atoms with E-state index in [1.165, 1.54) is 45.6 Å². The third-order valence-corrected chi connectivity index (χ3v) is 7.45. The lowest BCUT2D eigenvalue weighted by atomic mass is 10.1. The fourth-order valence-electron chi connectivity index (χ4n) is 3.14. The molecule has 30 heavy (non-hydrogen) atoms. The molecule has 0 aromatic heterocycles. The largest absolute Gasteiger partial charge is 0.496 e. The molecular weight excluding hydrogens is 407 g/mol. The molecule has 160 valence electrons. The van der Waals surface area contributed by atoms with E-state index in [0.717, 1.165) is 0 Å². The van der Waals surface area contributed by atoms with Crippen LogP contribution in [0.2, 0.25) is 0 Å². The number of rotatable bonds is 11. The van der Waals surface area contributed by atoms with Crippen LogP contribution < -0.4 is 14.2 Å². The van der Waals surface area contributed by atoms with Crippen LogP contribution in [0.3, 0.4) is 0 Å². The summed E-state index contributed by atoms with van der Waals surface area (Å²) in [6.07, 6.45) is 1.35. The maximum atomic E-state index is 14.1. The molecule has 0 radical (unpaired) electrons. The van der Waals surface area contributed by atoms with Gasteiger partial charge in [-0.15, -0.1) is 0 Å². The fraction of sp³-hybridized carbons (Fsp3) is 0.318. The first-order chi connectivity index (χ1) is 14.4. The second-order valence-electron chi connectivity index (χ2n) is 6.51. The van der Waals surface area contributed by atoms with Crippen molar-refractivity contribution in [2.24, 2.45) is 0 Å². The number of carbonyl (C=O) groups excluding carboxylic acids is 3. The summed E-state index contributed by atoms with van der Waals surface area (Å²) in [6, 6.07) is 9.13. The summed E-state index contributed by atoms with van der Waals surface area (Å²) >= 11 is 0. The van der Waals surface area contributed by atoms with Crippen LogP contribution in [0.25, 0.3) is 0 Å². The van der Waals surface area contributed by atoms with E-state index in [9.17, 15) is 18.9 Å². The Morgan fingerprint density at radius 1 is 0.867 bits per heavy atom. The van der Waals surface area contributed by atoms with Crippen LogP contribution >= 0.6 is 7.14 Å². The molecule has 1 unspecified atom stereocenters. The van der Waals surface area contributed by atoms with Gasteiger partial charge in [0.25, 0.3) is 0 Å². The first kappa shape index (κ1) is 23.4. The second kappa shape index (κ2) is 10.2. The number of unbranched alkanes of at least 4 members (excludes halogenated alkanes) is 1. The molecule has 0 fully saturated rings. The third kappa shape index (κ3) is 4.31.